The van der Waals surface area contributed by atoms with E-state index in [4.69, 9.17) is 4.74 Å². The maximum atomic E-state index is 12.5. The van der Waals surface area contributed by atoms with Crippen molar-refractivity contribution >= 4 is 6.09 Å². The van der Waals surface area contributed by atoms with Crippen LogP contribution in [0.15, 0.2) is 30.3 Å². The molecule has 2 atom stereocenters. The summed E-state index contributed by atoms with van der Waals surface area (Å²) < 4.78 is 5.51. The molecule has 4 nitrogen and oxygen atoms in total. The van der Waals surface area contributed by atoms with Gasteiger partial charge in [-0.05, 0) is 36.7 Å². The molecule has 3 rings (SSSR count). The Kier molecular flexibility index (Phi) is 4.13. The Morgan fingerprint density at radius 3 is 2.30 bits per heavy atom. The second-order valence-electron chi connectivity index (χ2n) is 8.02. The highest BCUT2D eigenvalue weighted by molar-refractivity contribution is 5.69. The van der Waals surface area contributed by atoms with E-state index in [2.05, 4.69) is 20.8 Å². The molecule has 0 aromatic heterocycles. The summed E-state index contributed by atoms with van der Waals surface area (Å²) in [6, 6.07) is 9.94. The number of hydrogen-bond donors (Lipinski definition) is 1. The van der Waals surface area contributed by atoms with Gasteiger partial charge in [0.15, 0.2) is 0 Å². The number of hydrogen-bond acceptors (Lipinski definition) is 3. The number of carbonyl (C=O) groups excluding carboxylic acids is 1. The topological polar surface area (TPSA) is 49.8 Å². The third-order valence-corrected chi connectivity index (χ3v) is 5.58. The fraction of sp³-hybridized carbons (Fsp3) is 0.632. The summed E-state index contributed by atoms with van der Waals surface area (Å²) >= 11 is 0. The average molecular weight is 317 g/mol. The molecule has 2 heterocycles. The van der Waals surface area contributed by atoms with Crippen molar-refractivity contribution in [2.45, 2.75) is 70.7 Å². The van der Waals surface area contributed by atoms with Crippen LogP contribution in [0.1, 0.15) is 52.0 Å². The molecule has 1 N–H and O–H groups in total. The Morgan fingerprint density at radius 2 is 1.78 bits per heavy atom. The number of piperidine rings is 1. The standard InChI is InChI=1S/C19H27NO3/c1-18(2,3)19(22)11-15-9-10-16(12-19)20(15)17(21)23-13-14-7-5-4-6-8-14/h4-8,15-16,22H,9-13H2,1-3H3. The summed E-state index contributed by atoms with van der Waals surface area (Å²) in [5.41, 5.74) is 0.125. The van der Waals surface area contributed by atoms with Crippen molar-refractivity contribution < 1.29 is 14.6 Å². The van der Waals surface area contributed by atoms with E-state index < -0.39 is 5.60 Å². The molecule has 1 aromatic rings. The number of ether oxygens (including phenoxy) is 1. The SMILES string of the molecule is CC(C)(C)C1(O)CC2CCC(C1)N2C(=O)OCc1ccccc1. The lowest BCUT2D eigenvalue weighted by Gasteiger charge is -2.49. The number of rotatable bonds is 2. The van der Waals surface area contributed by atoms with Crippen LogP contribution < -0.4 is 0 Å². The van der Waals surface area contributed by atoms with Gasteiger partial charge in [-0.2, -0.15) is 0 Å². The normalized spacial score (nSPS) is 30.3. The van der Waals surface area contributed by atoms with Crippen LogP contribution in [0.4, 0.5) is 4.79 Å². The lowest BCUT2D eigenvalue weighted by Crippen LogP contribution is -2.57. The van der Waals surface area contributed by atoms with E-state index in [0.717, 1.165) is 18.4 Å². The molecular weight excluding hydrogens is 290 g/mol. The third kappa shape index (κ3) is 3.09. The number of aliphatic hydroxyl groups is 1. The zero-order valence-corrected chi connectivity index (χ0v) is 14.3. The van der Waals surface area contributed by atoms with Crippen LogP contribution in [-0.4, -0.2) is 33.8 Å². The number of nitrogens with zero attached hydrogens (tertiary/aromatic N) is 1. The highest BCUT2D eigenvalue weighted by atomic mass is 16.6. The van der Waals surface area contributed by atoms with Gasteiger partial charge in [0.25, 0.3) is 0 Å². The highest BCUT2D eigenvalue weighted by Crippen LogP contribution is 2.48. The number of carbonyl (C=O) groups is 1. The molecule has 2 aliphatic rings. The van der Waals surface area contributed by atoms with Gasteiger partial charge in [0.05, 0.1) is 5.60 Å². The van der Waals surface area contributed by atoms with Gasteiger partial charge >= 0.3 is 6.09 Å². The van der Waals surface area contributed by atoms with E-state index in [1.807, 2.05) is 35.2 Å². The Balaban J connectivity index is 1.65. The van der Waals surface area contributed by atoms with Crippen molar-refractivity contribution in [1.29, 1.82) is 0 Å². The second-order valence-corrected chi connectivity index (χ2v) is 8.02. The molecule has 2 saturated heterocycles. The zero-order valence-electron chi connectivity index (χ0n) is 14.3. The molecule has 1 aromatic carbocycles. The van der Waals surface area contributed by atoms with E-state index in [1.165, 1.54) is 0 Å². The zero-order chi connectivity index (χ0) is 16.7. The Labute approximate surface area is 138 Å². The van der Waals surface area contributed by atoms with Crippen LogP contribution in [0.2, 0.25) is 0 Å². The summed E-state index contributed by atoms with van der Waals surface area (Å²) in [5.74, 6) is 0. The van der Waals surface area contributed by atoms with Crippen LogP contribution in [-0.2, 0) is 11.3 Å². The number of amides is 1. The van der Waals surface area contributed by atoms with E-state index in [9.17, 15) is 9.90 Å². The molecule has 4 heteroatoms. The summed E-state index contributed by atoms with van der Waals surface area (Å²) in [7, 11) is 0. The summed E-state index contributed by atoms with van der Waals surface area (Å²) in [4.78, 5) is 14.4. The van der Waals surface area contributed by atoms with Crippen molar-refractivity contribution in [2.24, 2.45) is 5.41 Å². The molecule has 126 valence electrons. The van der Waals surface area contributed by atoms with Crippen LogP contribution >= 0.6 is 0 Å². The Bertz CT molecular complexity index is 550. The molecule has 2 unspecified atom stereocenters. The van der Waals surface area contributed by atoms with E-state index in [-0.39, 0.29) is 23.6 Å². The molecule has 1 amide bonds. The molecular formula is C19H27NO3. The van der Waals surface area contributed by atoms with Crippen LogP contribution in [0, 0.1) is 5.41 Å². The summed E-state index contributed by atoms with van der Waals surface area (Å²) in [6.45, 7) is 6.54. The van der Waals surface area contributed by atoms with Crippen molar-refractivity contribution in [3.05, 3.63) is 35.9 Å². The van der Waals surface area contributed by atoms with Crippen molar-refractivity contribution in [2.75, 3.05) is 0 Å². The van der Waals surface area contributed by atoms with Gasteiger partial charge < -0.3 is 14.7 Å². The molecule has 0 spiro atoms. The first-order valence-corrected chi connectivity index (χ1v) is 8.51. The van der Waals surface area contributed by atoms with Crippen molar-refractivity contribution in [3.8, 4) is 0 Å². The fourth-order valence-corrected chi connectivity index (χ4v) is 3.93. The predicted molar refractivity (Wildman–Crippen MR) is 88.9 cm³/mol. The first-order valence-electron chi connectivity index (χ1n) is 8.51. The number of benzene rings is 1. The minimum atomic E-state index is -0.699. The van der Waals surface area contributed by atoms with Gasteiger partial charge in [-0.25, -0.2) is 4.79 Å². The van der Waals surface area contributed by atoms with Crippen molar-refractivity contribution in [3.63, 3.8) is 0 Å². The van der Waals surface area contributed by atoms with Gasteiger partial charge in [-0.15, -0.1) is 0 Å². The second kappa shape index (κ2) is 5.82. The monoisotopic (exact) mass is 317 g/mol. The van der Waals surface area contributed by atoms with E-state index >= 15 is 0 Å². The number of fused-ring (bicyclic) bond motifs is 2. The first kappa shape index (κ1) is 16.3. The first-order chi connectivity index (χ1) is 10.8. The molecule has 2 fully saturated rings. The average Bonchev–Trinajstić information content (AvgIpc) is 2.77. The molecule has 2 aliphatic heterocycles. The van der Waals surface area contributed by atoms with Crippen LogP contribution in [0.25, 0.3) is 0 Å². The third-order valence-electron chi connectivity index (χ3n) is 5.58. The largest absolute Gasteiger partial charge is 0.445 e. The molecule has 2 bridgehead atoms. The van der Waals surface area contributed by atoms with Crippen LogP contribution in [0.5, 0.6) is 0 Å². The Hall–Kier alpha value is -1.55. The summed E-state index contributed by atoms with van der Waals surface area (Å²) in [6.07, 6.45) is 2.98. The van der Waals surface area contributed by atoms with Crippen molar-refractivity contribution in [1.82, 2.24) is 4.90 Å². The minimum Gasteiger partial charge on any atom is -0.445 e. The van der Waals surface area contributed by atoms with E-state index in [0.29, 0.717) is 19.4 Å². The molecule has 0 radical (unpaired) electrons. The van der Waals surface area contributed by atoms with Crippen LogP contribution in [0.3, 0.4) is 0 Å². The van der Waals surface area contributed by atoms with Gasteiger partial charge in [-0.1, -0.05) is 51.1 Å². The fourth-order valence-electron chi connectivity index (χ4n) is 3.93. The van der Waals surface area contributed by atoms with Gasteiger partial charge in [-0.3, -0.25) is 0 Å². The maximum absolute atomic E-state index is 12.5. The molecule has 23 heavy (non-hydrogen) atoms. The van der Waals surface area contributed by atoms with Gasteiger partial charge in [0.1, 0.15) is 6.61 Å². The van der Waals surface area contributed by atoms with E-state index in [1.54, 1.807) is 0 Å². The molecule has 0 aliphatic carbocycles. The predicted octanol–water partition coefficient (Wildman–Crippen LogP) is 3.73. The highest BCUT2D eigenvalue weighted by Gasteiger charge is 2.54. The molecule has 0 saturated carbocycles. The quantitative estimate of drug-likeness (QED) is 0.904. The lowest BCUT2D eigenvalue weighted by atomic mass is 9.69. The lowest BCUT2D eigenvalue weighted by molar-refractivity contribution is -0.115. The van der Waals surface area contributed by atoms with Gasteiger partial charge in [0, 0.05) is 12.1 Å². The minimum absolute atomic E-state index is 0.0984. The summed E-state index contributed by atoms with van der Waals surface area (Å²) in [5, 5.41) is 11.0. The van der Waals surface area contributed by atoms with Gasteiger partial charge in [0.2, 0.25) is 0 Å². The maximum Gasteiger partial charge on any atom is 0.410 e. The smallest absolute Gasteiger partial charge is 0.410 e. The Morgan fingerprint density at radius 1 is 1.22 bits per heavy atom.